The third-order valence-corrected chi connectivity index (χ3v) is 4.87. The monoisotopic (exact) mass is 376 g/mol. The van der Waals surface area contributed by atoms with Crippen LogP contribution in [0, 0.1) is 0 Å². The number of fused-ring (bicyclic) bond motifs is 1. The van der Waals surface area contributed by atoms with Crippen LogP contribution >= 0.6 is 0 Å². The van der Waals surface area contributed by atoms with Gasteiger partial charge in [0.2, 0.25) is 0 Å². The van der Waals surface area contributed by atoms with Crippen LogP contribution in [0.25, 0.3) is 10.8 Å². The van der Waals surface area contributed by atoms with Crippen LogP contribution < -0.4 is 10.1 Å². The van der Waals surface area contributed by atoms with E-state index < -0.39 is 0 Å². The van der Waals surface area contributed by atoms with Crippen LogP contribution in [0.5, 0.6) is 5.75 Å². The minimum absolute atomic E-state index is 0.809. The van der Waals surface area contributed by atoms with Gasteiger partial charge in [0.25, 0.3) is 0 Å². The van der Waals surface area contributed by atoms with Gasteiger partial charge in [0.15, 0.2) is 0 Å². The average Bonchev–Trinajstić information content (AvgIpc) is 2.76. The van der Waals surface area contributed by atoms with E-state index in [1.165, 1.54) is 0 Å². The fourth-order valence-corrected chi connectivity index (χ4v) is 3.18. The third-order valence-electron chi connectivity index (χ3n) is 4.87. The summed E-state index contributed by atoms with van der Waals surface area (Å²) < 4.78 is 5.42. The summed E-state index contributed by atoms with van der Waals surface area (Å²) in [5.74, 6) is 0.809. The minimum atomic E-state index is 0.809. The van der Waals surface area contributed by atoms with Crippen molar-refractivity contribution in [3.8, 4) is 5.75 Å². The van der Waals surface area contributed by atoms with Gasteiger partial charge in [-0.1, -0.05) is 32.0 Å². The summed E-state index contributed by atoms with van der Waals surface area (Å²) in [6.07, 6.45) is 0. The van der Waals surface area contributed by atoms with Gasteiger partial charge < -0.3 is 15.0 Å². The lowest BCUT2D eigenvalue weighted by Crippen LogP contribution is -2.28. The lowest BCUT2D eigenvalue weighted by Gasteiger charge is -2.19. The van der Waals surface area contributed by atoms with Crippen LogP contribution in [0.3, 0.4) is 0 Å². The predicted molar refractivity (Wildman–Crippen MR) is 117 cm³/mol. The summed E-state index contributed by atoms with van der Waals surface area (Å²) >= 11 is 0. The molecule has 3 aromatic carbocycles. The van der Waals surface area contributed by atoms with Crippen LogP contribution in [-0.4, -0.2) is 38.2 Å². The van der Waals surface area contributed by atoms with Gasteiger partial charge in [0.05, 0.1) is 18.5 Å². The quantitative estimate of drug-likeness (QED) is 0.465. The molecular weight excluding hydrogens is 348 g/mol. The Hall–Kier alpha value is -2.92. The van der Waals surface area contributed by atoms with Crippen molar-refractivity contribution < 1.29 is 4.74 Å². The number of rotatable bonds is 9. The number of hydrogen-bond acceptors (Lipinski definition) is 5. The van der Waals surface area contributed by atoms with Crippen LogP contribution in [-0.2, 0) is 0 Å². The molecule has 3 aromatic rings. The first-order valence-electron chi connectivity index (χ1n) is 9.79. The lowest BCUT2D eigenvalue weighted by atomic mass is 10.1. The number of azo groups is 1. The molecule has 0 bridgehead atoms. The first-order valence-corrected chi connectivity index (χ1v) is 9.79. The van der Waals surface area contributed by atoms with Crippen molar-refractivity contribution in [2.75, 3.05) is 38.6 Å². The van der Waals surface area contributed by atoms with Gasteiger partial charge in [-0.05, 0) is 55.6 Å². The highest BCUT2D eigenvalue weighted by molar-refractivity contribution is 6.01. The van der Waals surface area contributed by atoms with Crippen LogP contribution in [0.4, 0.5) is 17.1 Å². The van der Waals surface area contributed by atoms with E-state index in [1.54, 1.807) is 7.11 Å². The van der Waals surface area contributed by atoms with Gasteiger partial charge in [-0.2, -0.15) is 5.11 Å². The molecule has 5 heteroatoms. The zero-order valence-electron chi connectivity index (χ0n) is 16.9. The Kier molecular flexibility index (Phi) is 6.98. The van der Waals surface area contributed by atoms with Crippen molar-refractivity contribution in [1.29, 1.82) is 0 Å². The highest BCUT2D eigenvalue weighted by Crippen LogP contribution is 2.35. The molecule has 0 aliphatic carbocycles. The number of nitrogens with zero attached hydrogens (tertiary/aromatic N) is 3. The van der Waals surface area contributed by atoms with E-state index in [0.717, 1.165) is 59.8 Å². The summed E-state index contributed by atoms with van der Waals surface area (Å²) in [6.45, 7) is 8.42. The fraction of sp³-hybridized carbons (Fsp3) is 0.304. The molecule has 0 aromatic heterocycles. The minimum Gasteiger partial charge on any atom is -0.497 e. The van der Waals surface area contributed by atoms with E-state index in [9.17, 15) is 0 Å². The summed E-state index contributed by atoms with van der Waals surface area (Å²) in [5.41, 5.74) is 2.76. The Bertz CT molecular complexity index is 921. The number of benzene rings is 3. The Morgan fingerprint density at radius 2 is 1.68 bits per heavy atom. The van der Waals surface area contributed by atoms with Gasteiger partial charge in [-0.25, -0.2) is 0 Å². The van der Waals surface area contributed by atoms with Crippen molar-refractivity contribution in [3.63, 3.8) is 0 Å². The SMILES string of the molecule is CCN(CC)CCNc1ccc(/N=N/c2ccccc2)c2cc(OC)ccc12. The highest BCUT2D eigenvalue weighted by Gasteiger charge is 2.08. The molecule has 0 saturated carbocycles. The maximum atomic E-state index is 5.42. The molecule has 0 aliphatic rings. The number of methoxy groups -OCH3 is 1. The molecule has 0 spiro atoms. The van der Waals surface area contributed by atoms with Gasteiger partial charge >= 0.3 is 0 Å². The van der Waals surface area contributed by atoms with E-state index in [-0.39, 0.29) is 0 Å². The third kappa shape index (κ3) is 4.87. The molecule has 0 saturated heterocycles. The number of nitrogens with one attached hydrogen (secondary N) is 1. The second-order valence-corrected chi connectivity index (χ2v) is 6.53. The van der Waals surface area contributed by atoms with Crippen molar-refractivity contribution in [1.82, 2.24) is 4.90 Å². The van der Waals surface area contributed by atoms with Gasteiger partial charge in [-0.15, -0.1) is 5.11 Å². The van der Waals surface area contributed by atoms with E-state index in [2.05, 4.69) is 46.4 Å². The molecule has 0 atom stereocenters. The molecule has 5 nitrogen and oxygen atoms in total. The molecule has 146 valence electrons. The second-order valence-electron chi connectivity index (χ2n) is 6.53. The molecule has 0 amide bonds. The maximum absolute atomic E-state index is 5.42. The van der Waals surface area contributed by atoms with E-state index in [0.29, 0.717) is 0 Å². The summed E-state index contributed by atoms with van der Waals surface area (Å²) in [7, 11) is 1.68. The van der Waals surface area contributed by atoms with Gasteiger partial charge in [0, 0.05) is 29.5 Å². The average molecular weight is 377 g/mol. The molecule has 0 heterocycles. The molecule has 0 unspecified atom stereocenters. The first kappa shape index (κ1) is 19.8. The number of likely N-dealkylation sites (N-methyl/N-ethyl adjacent to an activating group) is 1. The van der Waals surface area contributed by atoms with Gasteiger partial charge in [-0.3, -0.25) is 0 Å². The molecule has 0 aliphatic heterocycles. The van der Waals surface area contributed by atoms with Crippen LogP contribution in [0.2, 0.25) is 0 Å². The zero-order valence-corrected chi connectivity index (χ0v) is 16.9. The van der Waals surface area contributed by atoms with E-state index in [4.69, 9.17) is 4.74 Å². The number of hydrogen-bond donors (Lipinski definition) is 1. The molecule has 0 radical (unpaired) electrons. The lowest BCUT2D eigenvalue weighted by molar-refractivity contribution is 0.316. The normalized spacial score (nSPS) is 11.4. The predicted octanol–water partition coefficient (Wildman–Crippen LogP) is 6.02. The Balaban J connectivity index is 1.89. The Morgan fingerprint density at radius 3 is 2.39 bits per heavy atom. The summed E-state index contributed by atoms with van der Waals surface area (Å²) in [4.78, 5) is 2.40. The number of anilines is 1. The highest BCUT2D eigenvalue weighted by atomic mass is 16.5. The fourth-order valence-electron chi connectivity index (χ4n) is 3.18. The summed E-state index contributed by atoms with van der Waals surface area (Å²) in [6, 6.07) is 19.9. The topological polar surface area (TPSA) is 49.2 Å². The van der Waals surface area contributed by atoms with Crippen LogP contribution in [0.15, 0.2) is 70.9 Å². The van der Waals surface area contributed by atoms with Gasteiger partial charge in [0.1, 0.15) is 5.75 Å². The molecule has 3 rings (SSSR count). The van der Waals surface area contributed by atoms with Crippen molar-refractivity contribution >= 4 is 27.8 Å². The Labute approximate surface area is 167 Å². The maximum Gasteiger partial charge on any atom is 0.119 e. The van der Waals surface area contributed by atoms with Crippen LogP contribution in [0.1, 0.15) is 13.8 Å². The smallest absolute Gasteiger partial charge is 0.119 e. The largest absolute Gasteiger partial charge is 0.497 e. The molecule has 1 N–H and O–H groups in total. The standard InChI is InChI=1S/C23H28N4O/c1-4-27(5-2)16-15-24-22-13-14-23(26-25-18-9-7-6-8-10-18)21-17-19(28-3)11-12-20(21)22/h6-14,17,24H,4-5,15-16H2,1-3H3/b26-25+. The first-order chi connectivity index (χ1) is 13.7. The molecule has 0 fully saturated rings. The van der Waals surface area contributed by atoms with Crippen molar-refractivity contribution in [2.45, 2.75) is 13.8 Å². The second kappa shape index (κ2) is 9.85. The summed E-state index contributed by atoms with van der Waals surface area (Å²) in [5, 5.41) is 14.6. The van der Waals surface area contributed by atoms with Crippen molar-refractivity contribution in [3.05, 3.63) is 60.7 Å². The van der Waals surface area contributed by atoms with Crippen molar-refractivity contribution in [2.24, 2.45) is 10.2 Å². The van der Waals surface area contributed by atoms with E-state index in [1.807, 2.05) is 48.5 Å². The van der Waals surface area contributed by atoms with E-state index >= 15 is 0 Å². The molecule has 28 heavy (non-hydrogen) atoms. The zero-order chi connectivity index (χ0) is 19.8. The number of ether oxygens (including phenoxy) is 1. The molecular formula is C23H28N4O. The Morgan fingerprint density at radius 1 is 0.893 bits per heavy atom.